The van der Waals surface area contributed by atoms with Crippen LogP contribution in [0.15, 0.2) is 35.2 Å². The molecule has 86 valence electrons. The Balaban J connectivity index is 0.000000331. The van der Waals surface area contributed by atoms with Crippen molar-refractivity contribution in [3.63, 3.8) is 0 Å². The van der Waals surface area contributed by atoms with Gasteiger partial charge in [-0.1, -0.05) is 43.9 Å². The second-order valence-corrected chi connectivity index (χ2v) is 4.62. The zero-order valence-corrected chi connectivity index (χ0v) is 10.8. The van der Waals surface area contributed by atoms with Gasteiger partial charge in [-0.3, -0.25) is 4.55 Å². The maximum Gasteiger partial charge on any atom is 0.294 e. The number of rotatable bonds is 1. The molecule has 1 saturated carbocycles. The largest absolute Gasteiger partial charge is 0.294 e. The molecule has 1 aromatic carbocycles. The van der Waals surface area contributed by atoms with Crippen LogP contribution >= 0.6 is 9.90 Å². The molecule has 2 rings (SSSR count). The first-order valence-electron chi connectivity index (χ1n) is 4.63. The fourth-order valence-corrected chi connectivity index (χ4v) is 1.34. The summed E-state index contributed by atoms with van der Waals surface area (Å²) in [6.45, 7) is 0. The molecule has 1 N–H and O–H groups in total. The highest BCUT2D eigenvalue weighted by atomic mass is 32.2. The molecule has 1 aliphatic carbocycles. The van der Waals surface area contributed by atoms with Crippen LogP contribution < -0.4 is 0 Å². The third kappa shape index (κ3) is 5.88. The molecule has 0 radical (unpaired) electrons. The minimum atomic E-state index is -4.00. The van der Waals surface area contributed by atoms with Gasteiger partial charge < -0.3 is 0 Å². The van der Waals surface area contributed by atoms with Gasteiger partial charge in [0.15, 0.2) is 0 Å². The normalized spacial score (nSPS) is 13.9. The number of hydrogen-bond donors (Lipinski definition) is 1. The molecule has 1 fully saturated rings. The van der Waals surface area contributed by atoms with Gasteiger partial charge in [0.05, 0.1) is 4.90 Å². The van der Waals surface area contributed by atoms with E-state index >= 15 is 0 Å². The Kier molecular flexibility index (Phi) is 6.73. The Hall–Kier alpha value is -0.440. The molecule has 0 spiro atoms. The van der Waals surface area contributed by atoms with E-state index < -0.39 is 10.1 Å². The second kappa shape index (κ2) is 6.94. The van der Waals surface area contributed by atoms with E-state index in [1.165, 1.54) is 37.8 Å². The van der Waals surface area contributed by atoms with Crippen molar-refractivity contribution in [2.24, 2.45) is 0 Å². The monoisotopic (exact) mass is 248 g/mol. The minimum Gasteiger partial charge on any atom is -0.282 e. The molecule has 1 atom stereocenters. The van der Waals surface area contributed by atoms with Crippen molar-refractivity contribution in [1.82, 2.24) is 0 Å². The molecule has 1 unspecified atom stereocenters. The lowest BCUT2D eigenvalue weighted by Gasteiger charge is -2.05. The van der Waals surface area contributed by atoms with Gasteiger partial charge in [0.25, 0.3) is 10.1 Å². The minimum absolute atomic E-state index is 0. The third-order valence-electron chi connectivity index (χ3n) is 2.04. The van der Waals surface area contributed by atoms with Crippen LogP contribution in [0.3, 0.4) is 0 Å². The van der Waals surface area contributed by atoms with Crippen LogP contribution in [0.25, 0.3) is 0 Å². The average Bonchev–Trinajstić information content (AvgIpc) is 2.01. The van der Waals surface area contributed by atoms with Crippen molar-refractivity contribution in [3.05, 3.63) is 30.3 Å². The van der Waals surface area contributed by atoms with Crippen molar-refractivity contribution in [2.75, 3.05) is 0 Å². The molecule has 0 saturated heterocycles. The zero-order valence-electron chi connectivity index (χ0n) is 8.59. The van der Waals surface area contributed by atoms with Gasteiger partial charge in [-0.05, 0) is 12.1 Å². The van der Waals surface area contributed by atoms with Crippen LogP contribution in [0.1, 0.15) is 25.7 Å². The Morgan fingerprint density at radius 3 is 1.53 bits per heavy atom. The summed E-state index contributed by atoms with van der Waals surface area (Å²) in [6.07, 6.45) is 6.00. The SMILES string of the molecule is C1CCC1.O=S(=O)(O)c1ccccc1.P. The third-order valence-corrected chi connectivity index (χ3v) is 2.91. The molecular weight excluding hydrogens is 231 g/mol. The fraction of sp³-hybridized carbons (Fsp3) is 0.400. The smallest absolute Gasteiger partial charge is 0.282 e. The molecule has 15 heavy (non-hydrogen) atoms. The lowest BCUT2D eigenvalue weighted by Crippen LogP contribution is -1.96. The van der Waals surface area contributed by atoms with Crippen molar-refractivity contribution >= 4 is 20.0 Å². The van der Waals surface area contributed by atoms with E-state index in [9.17, 15) is 8.42 Å². The first kappa shape index (κ1) is 14.6. The van der Waals surface area contributed by atoms with Crippen LogP contribution in [0, 0.1) is 0 Å². The van der Waals surface area contributed by atoms with Crippen LogP contribution in [0.5, 0.6) is 0 Å². The van der Waals surface area contributed by atoms with Gasteiger partial charge in [-0.25, -0.2) is 0 Å². The maximum atomic E-state index is 10.4. The Labute approximate surface area is 94.3 Å². The van der Waals surface area contributed by atoms with Crippen molar-refractivity contribution in [1.29, 1.82) is 0 Å². The van der Waals surface area contributed by atoms with Gasteiger partial charge in [0, 0.05) is 0 Å². The van der Waals surface area contributed by atoms with Gasteiger partial charge in [0.1, 0.15) is 0 Å². The quantitative estimate of drug-likeness (QED) is 0.614. The summed E-state index contributed by atoms with van der Waals surface area (Å²) in [5, 5.41) is 0. The number of hydrogen-bond acceptors (Lipinski definition) is 2. The summed E-state index contributed by atoms with van der Waals surface area (Å²) in [4.78, 5) is -0.0741. The standard InChI is InChI=1S/C6H6O3S.C4H8.H3P/c7-10(8,9)6-4-2-1-3-5-6;1-2-4-3-1;/h1-5H,(H,7,8,9);1-4H2;1H3. The molecule has 1 aromatic rings. The first-order valence-corrected chi connectivity index (χ1v) is 6.07. The van der Waals surface area contributed by atoms with Gasteiger partial charge >= 0.3 is 0 Å². The highest BCUT2D eigenvalue weighted by molar-refractivity contribution is 7.85. The van der Waals surface area contributed by atoms with Crippen molar-refractivity contribution in [3.8, 4) is 0 Å². The Bertz CT molecular complexity index is 354. The molecule has 0 aliphatic heterocycles. The van der Waals surface area contributed by atoms with Crippen LogP contribution in [-0.4, -0.2) is 13.0 Å². The van der Waals surface area contributed by atoms with Gasteiger partial charge in [-0.15, -0.1) is 0 Å². The van der Waals surface area contributed by atoms with E-state index in [1.807, 2.05) is 0 Å². The van der Waals surface area contributed by atoms with E-state index in [1.54, 1.807) is 18.2 Å². The highest BCUT2D eigenvalue weighted by Gasteiger charge is 2.05. The number of benzene rings is 1. The van der Waals surface area contributed by atoms with Crippen molar-refractivity contribution < 1.29 is 13.0 Å². The maximum absolute atomic E-state index is 10.4. The molecule has 0 amide bonds. The molecule has 0 heterocycles. The van der Waals surface area contributed by atoms with Crippen molar-refractivity contribution in [2.45, 2.75) is 30.6 Å². The summed E-state index contributed by atoms with van der Waals surface area (Å²) in [7, 11) is -4.00. The first-order chi connectivity index (χ1) is 6.61. The summed E-state index contributed by atoms with van der Waals surface area (Å²) in [5.41, 5.74) is 0. The van der Waals surface area contributed by atoms with E-state index in [-0.39, 0.29) is 14.8 Å². The van der Waals surface area contributed by atoms with Crippen LogP contribution in [-0.2, 0) is 10.1 Å². The van der Waals surface area contributed by atoms with Crippen LogP contribution in [0.4, 0.5) is 0 Å². The summed E-state index contributed by atoms with van der Waals surface area (Å²) in [6, 6.07) is 7.42. The van der Waals surface area contributed by atoms with E-state index in [0.29, 0.717) is 0 Å². The molecule has 3 nitrogen and oxygen atoms in total. The van der Waals surface area contributed by atoms with E-state index in [2.05, 4.69) is 0 Å². The zero-order chi connectivity index (χ0) is 10.4. The van der Waals surface area contributed by atoms with E-state index in [4.69, 9.17) is 4.55 Å². The molecule has 5 heteroatoms. The molecule has 1 aliphatic rings. The lowest BCUT2D eigenvalue weighted by atomic mass is 10.0. The van der Waals surface area contributed by atoms with Gasteiger partial charge in [0.2, 0.25) is 0 Å². The second-order valence-electron chi connectivity index (χ2n) is 3.20. The summed E-state index contributed by atoms with van der Waals surface area (Å²) in [5.74, 6) is 0. The molecule has 0 bridgehead atoms. The van der Waals surface area contributed by atoms with Gasteiger partial charge in [-0.2, -0.15) is 18.3 Å². The average molecular weight is 248 g/mol. The molecule has 0 aromatic heterocycles. The fourth-order valence-electron chi connectivity index (χ4n) is 0.842. The predicted octanol–water partition coefficient (Wildman–Crippen LogP) is 2.55. The summed E-state index contributed by atoms with van der Waals surface area (Å²) < 4.78 is 29.2. The topological polar surface area (TPSA) is 54.4 Å². The van der Waals surface area contributed by atoms with E-state index in [0.717, 1.165) is 0 Å². The summed E-state index contributed by atoms with van der Waals surface area (Å²) >= 11 is 0. The Morgan fingerprint density at radius 2 is 1.33 bits per heavy atom. The van der Waals surface area contributed by atoms with Crippen LogP contribution in [0.2, 0.25) is 0 Å². The molecular formula is C10H17O3PS. The Morgan fingerprint density at radius 1 is 0.933 bits per heavy atom. The highest BCUT2D eigenvalue weighted by Crippen LogP contribution is 2.15. The lowest BCUT2D eigenvalue weighted by molar-refractivity contribution is 0.483. The predicted molar refractivity (Wildman–Crippen MR) is 65.8 cm³/mol.